The van der Waals surface area contributed by atoms with E-state index >= 15 is 0 Å². The van der Waals surface area contributed by atoms with Gasteiger partial charge in [0.1, 0.15) is 5.75 Å². The van der Waals surface area contributed by atoms with E-state index in [1.165, 1.54) is 18.3 Å². The Morgan fingerprint density at radius 2 is 2.07 bits per heavy atom. The van der Waals surface area contributed by atoms with Crippen molar-refractivity contribution in [3.63, 3.8) is 0 Å². The summed E-state index contributed by atoms with van der Waals surface area (Å²) in [6, 6.07) is 7.48. The number of benzene rings is 1. The minimum atomic E-state index is -4.42. The first-order valence-corrected chi connectivity index (χ1v) is 8.60. The Bertz CT molecular complexity index is 1000. The smallest absolute Gasteiger partial charge is 0.422 e. The zero-order chi connectivity index (χ0) is 20.5. The lowest BCUT2D eigenvalue weighted by atomic mass is 10.1. The SMILES string of the molecule is CC(NC(=O)c1nn(C)c2cc(Cl)ccc12)c1ccc(OCC(F)(F)F)cn1. The molecule has 0 saturated heterocycles. The second kappa shape index (κ2) is 7.67. The largest absolute Gasteiger partial charge is 0.483 e. The van der Waals surface area contributed by atoms with Crippen LogP contribution in [0.4, 0.5) is 13.2 Å². The first kappa shape index (κ1) is 19.9. The lowest BCUT2D eigenvalue weighted by Crippen LogP contribution is -2.27. The maximum Gasteiger partial charge on any atom is 0.422 e. The van der Waals surface area contributed by atoms with Crippen LogP contribution < -0.4 is 10.1 Å². The number of hydrogen-bond donors (Lipinski definition) is 1. The highest BCUT2D eigenvalue weighted by Crippen LogP contribution is 2.23. The fraction of sp³-hybridized carbons (Fsp3) is 0.278. The molecule has 28 heavy (non-hydrogen) atoms. The molecule has 1 aromatic carbocycles. The molecular weight excluding hydrogens is 397 g/mol. The number of rotatable bonds is 5. The number of alkyl halides is 3. The summed E-state index contributed by atoms with van der Waals surface area (Å²) in [7, 11) is 1.71. The normalized spacial score (nSPS) is 12.8. The molecule has 3 aromatic rings. The molecule has 1 N–H and O–H groups in total. The van der Waals surface area contributed by atoms with Gasteiger partial charge in [-0.05, 0) is 37.3 Å². The van der Waals surface area contributed by atoms with Crippen molar-refractivity contribution >= 4 is 28.4 Å². The molecular formula is C18H16ClF3N4O2. The van der Waals surface area contributed by atoms with Gasteiger partial charge in [-0.15, -0.1) is 0 Å². The maximum atomic E-state index is 12.6. The van der Waals surface area contributed by atoms with E-state index in [1.807, 2.05) is 0 Å². The molecule has 0 aliphatic carbocycles. The zero-order valence-corrected chi connectivity index (χ0v) is 15.7. The Kier molecular flexibility index (Phi) is 5.46. The maximum absolute atomic E-state index is 12.6. The number of halogens is 4. The monoisotopic (exact) mass is 412 g/mol. The lowest BCUT2D eigenvalue weighted by molar-refractivity contribution is -0.153. The van der Waals surface area contributed by atoms with Crippen molar-refractivity contribution < 1.29 is 22.7 Å². The van der Waals surface area contributed by atoms with Gasteiger partial charge in [-0.2, -0.15) is 18.3 Å². The van der Waals surface area contributed by atoms with Crippen molar-refractivity contribution in [1.82, 2.24) is 20.1 Å². The molecule has 10 heteroatoms. The van der Waals surface area contributed by atoms with E-state index in [-0.39, 0.29) is 11.4 Å². The first-order valence-electron chi connectivity index (χ1n) is 8.22. The number of ether oxygens (including phenoxy) is 1. The summed E-state index contributed by atoms with van der Waals surface area (Å²) in [5.41, 5.74) is 1.43. The third-order valence-electron chi connectivity index (χ3n) is 3.98. The minimum absolute atomic E-state index is 0.00722. The van der Waals surface area contributed by atoms with Gasteiger partial charge in [-0.1, -0.05) is 11.6 Å². The van der Waals surface area contributed by atoms with Crippen LogP contribution in [0.3, 0.4) is 0 Å². The second-order valence-electron chi connectivity index (χ2n) is 6.15. The predicted octanol–water partition coefficient (Wildman–Crippen LogP) is 4.05. The van der Waals surface area contributed by atoms with E-state index < -0.39 is 24.7 Å². The molecule has 0 bridgehead atoms. The predicted molar refractivity (Wildman–Crippen MR) is 97.4 cm³/mol. The molecule has 0 saturated carbocycles. The number of hydrogen-bond acceptors (Lipinski definition) is 4. The van der Waals surface area contributed by atoms with Crippen molar-refractivity contribution in [3.05, 3.63) is 52.9 Å². The van der Waals surface area contributed by atoms with Crippen LogP contribution in [0.5, 0.6) is 5.75 Å². The van der Waals surface area contributed by atoms with Crippen molar-refractivity contribution in [2.24, 2.45) is 7.05 Å². The summed E-state index contributed by atoms with van der Waals surface area (Å²) in [5.74, 6) is -0.410. The second-order valence-corrected chi connectivity index (χ2v) is 6.59. The number of carbonyl (C=O) groups is 1. The number of nitrogens with one attached hydrogen (secondary N) is 1. The third-order valence-corrected chi connectivity index (χ3v) is 4.22. The molecule has 1 amide bonds. The van der Waals surface area contributed by atoms with Crippen LogP contribution in [-0.4, -0.2) is 33.5 Å². The Morgan fingerprint density at radius 1 is 1.32 bits per heavy atom. The summed E-state index contributed by atoms with van der Waals surface area (Å²) in [6.45, 7) is 0.315. The van der Waals surface area contributed by atoms with Crippen LogP contribution in [-0.2, 0) is 7.05 Å². The number of pyridine rings is 1. The van der Waals surface area contributed by atoms with Gasteiger partial charge in [0.2, 0.25) is 0 Å². The molecule has 2 heterocycles. The Hall–Kier alpha value is -2.81. The number of aryl methyl sites for hydroxylation is 1. The van der Waals surface area contributed by atoms with Gasteiger partial charge in [0.25, 0.3) is 5.91 Å². The van der Waals surface area contributed by atoms with E-state index in [1.54, 1.807) is 36.9 Å². The van der Waals surface area contributed by atoms with Gasteiger partial charge in [0.15, 0.2) is 12.3 Å². The topological polar surface area (TPSA) is 69.0 Å². The number of aromatic nitrogens is 3. The van der Waals surface area contributed by atoms with Crippen LogP contribution in [0.2, 0.25) is 5.02 Å². The average Bonchev–Trinajstić information content (AvgIpc) is 2.96. The Labute approximate surface area is 163 Å². The molecule has 3 rings (SSSR count). The van der Waals surface area contributed by atoms with Crippen molar-refractivity contribution in [2.45, 2.75) is 19.1 Å². The van der Waals surface area contributed by atoms with Gasteiger partial charge in [0, 0.05) is 17.5 Å². The molecule has 6 nitrogen and oxygen atoms in total. The number of nitrogens with zero attached hydrogens (tertiary/aromatic N) is 3. The van der Waals surface area contributed by atoms with Crippen molar-refractivity contribution in [1.29, 1.82) is 0 Å². The summed E-state index contributed by atoms with van der Waals surface area (Å²) in [6.07, 6.45) is -3.24. The van der Waals surface area contributed by atoms with E-state index in [0.29, 0.717) is 16.1 Å². The number of amides is 1. The molecule has 1 atom stereocenters. The molecule has 0 aliphatic rings. The summed E-state index contributed by atoms with van der Waals surface area (Å²) < 4.78 is 42.7. The minimum Gasteiger partial charge on any atom is -0.483 e. The molecule has 0 fully saturated rings. The average molecular weight is 413 g/mol. The van der Waals surface area contributed by atoms with Gasteiger partial charge in [0.05, 0.1) is 23.4 Å². The van der Waals surface area contributed by atoms with Crippen LogP contribution in [0.25, 0.3) is 10.9 Å². The lowest BCUT2D eigenvalue weighted by Gasteiger charge is -2.14. The van der Waals surface area contributed by atoms with E-state index in [4.69, 9.17) is 11.6 Å². The van der Waals surface area contributed by atoms with Crippen LogP contribution in [0.15, 0.2) is 36.5 Å². The highest BCUT2D eigenvalue weighted by Gasteiger charge is 2.28. The quantitative estimate of drug-likeness (QED) is 0.686. The summed E-state index contributed by atoms with van der Waals surface area (Å²) in [5, 5.41) is 8.20. The molecule has 1 unspecified atom stereocenters. The molecule has 0 radical (unpaired) electrons. The van der Waals surface area contributed by atoms with Gasteiger partial charge in [-0.3, -0.25) is 14.5 Å². The van der Waals surface area contributed by atoms with Crippen molar-refractivity contribution in [2.75, 3.05) is 6.61 Å². The Morgan fingerprint density at radius 3 is 2.71 bits per heavy atom. The van der Waals surface area contributed by atoms with Crippen LogP contribution >= 0.6 is 11.6 Å². The summed E-state index contributed by atoms with van der Waals surface area (Å²) >= 11 is 5.98. The highest BCUT2D eigenvalue weighted by molar-refractivity contribution is 6.31. The van der Waals surface area contributed by atoms with Gasteiger partial charge >= 0.3 is 6.18 Å². The van der Waals surface area contributed by atoms with Crippen LogP contribution in [0, 0.1) is 0 Å². The highest BCUT2D eigenvalue weighted by atomic mass is 35.5. The number of fused-ring (bicyclic) bond motifs is 1. The van der Waals surface area contributed by atoms with Gasteiger partial charge < -0.3 is 10.1 Å². The van der Waals surface area contributed by atoms with Crippen LogP contribution in [0.1, 0.15) is 29.1 Å². The third kappa shape index (κ3) is 4.53. The number of carbonyl (C=O) groups excluding carboxylic acids is 1. The van der Waals surface area contributed by atoms with Crippen molar-refractivity contribution in [3.8, 4) is 5.75 Å². The molecule has 2 aromatic heterocycles. The fourth-order valence-electron chi connectivity index (χ4n) is 2.64. The standard InChI is InChI=1S/C18H16ClF3N4O2/c1-10(14-6-4-12(8-23-14)28-9-18(20,21)22)24-17(27)16-13-5-3-11(19)7-15(13)26(2)25-16/h3-8,10H,9H2,1-2H3,(H,24,27). The van der Waals surface area contributed by atoms with E-state index in [2.05, 4.69) is 20.1 Å². The zero-order valence-electron chi connectivity index (χ0n) is 14.9. The molecule has 148 valence electrons. The first-order chi connectivity index (χ1) is 13.1. The fourth-order valence-corrected chi connectivity index (χ4v) is 2.80. The van der Waals surface area contributed by atoms with E-state index in [0.717, 1.165) is 5.52 Å². The molecule has 0 spiro atoms. The summed E-state index contributed by atoms with van der Waals surface area (Å²) in [4.78, 5) is 16.7. The van der Waals surface area contributed by atoms with E-state index in [9.17, 15) is 18.0 Å². The Balaban J connectivity index is 1.71. The molecule has 0 aliphatic heterocycles. The van der Waals surface area contributed by atoms with Gasteiger partial charge in [-0.25, -0.2) is 0 Å².